The van der Waals surface area contributed by atoms with Crippen LogP contribution in [0, 0.1) is 0 Å². The molecule has 28 heavy (non-hydrogen) atoms. The molecule has 0 aliphatic carbocycles. The van der Waals surface area contributed by atoms with Gasteiger partial charge in [0.25, 0.3) is 0 Å². The maximum absolute atomic E-state index is 12.3. The molecule has 2 heterocycles. The van der Waals surface area contributed by atoms with E-state index in [9.17, 15) is 9.90 Å². The van der Waals surface area contributed by atoms with Crippen LogP contribution in [0.2, 0.25) is 0 Å². The maximum atomic E-state index is 12.3. The van der Waals surface area contributed by atoms with E-state index in [-0.39, 0.29) is 18.8 Å². The summed E-state index contributed by atoms with van der Waals surface area (Å²) in [6.45, 7) is 3.02. The van der Waals surface area contributed by atoms with Crippen LogP contribution in [0.4, 0.5) is 4.79 Å². The Morgan fingerprint density at radius 2 is 2.00 bits per heavy atom. The van der Waals surface area contributed by atoms with Gasteiger partial charge in [0.15, 0.2) is 0 Å². The van der Waals surface area contributed by atoms with Gasteiger partial charge in [0.1, 0.15) is 6.61 Å². The summed E-state index contributed by atoms with van der Waals surface area (Å²) in [6, 6.07) is 11.5. The van der Waals surface area contributed by atoms with E-state index in [0.29, 0.717) is 25.9 Å². The predicted molar refractivity (Wildman–Crippen MR) is 109 cm³/mol. The van der Waals surface area contributed by atoms with Crippen molar-refractivity contribution in [2.75, 3.05) is 20.2 Å². The highest BCUT2D eigenvalue weighted by atomic mass is 79.9. The molecule has 1 saturated heterocycles. The molecule has 0 unspecified atom stereocenters. The minimum absolute atomic E-state index is 0.140. The molecule has 7 heteroatoms. The third-order valence-electron chi connectivity index (χ3n) is 5.20. The maximum Gasteiger partial charge on any atom is 0.410 e. The van der Waals surface area contributed by atoms with Gasteiger partial charge >= 0.3 is 6.09 Å². The van der Waals surface area contributed by atoms with E-state index in [0.717, 1.165) is 21.3 Å². The number of likely N-dealkylation sites (tertiary alicyclic amines) is 1. The number of nitrogens with zero attached hydrogens (tertiary/aromatic N) is 2. The number of aromatic nitrogens is 1. The monoisotopic (exact) mass is 448 g/mol. The number of hydrogen-bond acceptors (Lipinski definition) is 5. The van der Waals surface area contributed by atoms with Gasteiger partial charge in [-0.15, -0.1) is 0 Å². The van der Waals surface area contributed by atoms with Crippen molar-refractivity contribution in [2.24, 2.45) is 0 Å². The van der Waals surface area contributed by atoms with Gasteiger partial charge < -0.3 is 19.5 Å². The molecule has 1 aromatic carbocycles. The number of benzene rings is 1. The molecular weight excluding hydrogens is 424 g/mol. The molecule has 150 valence electrons. The highest BCUT2D eigenvalue weighted by Gasteiger charge is 2.36. The number of pyridine rings is 1. The van der Waals surface area contributed by atoms with Crippen molar-refractivity contribution in [3.63, 3.8) is 0 Å². The Bertz CT molecular complexity index is 807. The molecule has 1 aliphatic heterocycles. The van der Waals surface area contributed by atoms with E-state index in [2.05, 4.69) is 20.9 Å². The van der Waals surface area contributed by atoms with E-state index in [4.69, 9.17) is 9.47 Å². The number of amides is 1. The van der Waals surface area contributed by atoms with Crippen molar-refractivity contribution in [2.45, 2.75) is 38.1 Å². The third kappa shape index (κ3) is 4.71. The molecule has 1 aliphatic rings. The first-order valence-electron chi connectivity index (χ1n) is 9.29. The van der Waals surface area contributed by atoms with Gasteiger partial charge in [-0.25, -0.2) is 4.79 Å². The van der Waals surface area contributed by atoms with Crippen molar-refractivity contribution in [3.05, 3.63) is 63.9 Å². The molecule has 1 fully saturated rings. The summed E-state index contributed by atoms with van der Waals surface area (Å²) in [7, 11) is 1.63. The second kappa shape index (κ2) is 9.03. The fourth-order valence-corrected chi connectivity index (χ4v) is 3.94. The minimum Gasteiger partial charge on any atom is -0.445 e. The quantitative estimate of drug-likeness (QED) is 0.742. The summed E-state index contributed by atoms with van der Waals surface area (Å²) < 4.78 is 11.5. The Balaban J connectivity index is 1.59. The molecule has 3 rings (SSSR count). The molecule has 6 nitrogen and oxygen atoms in total. The van der Waals surface area contributed by atoms with Crippen LogP contribution in [-0.2, 0) is 21.7 Å². The lowest BCUT2D eigenvalue weighted by Crippen LogP contribution is -2.45. The topological polar surface area (TPSA) is 71.9 Å². The van der Waals surface area contributed by atoms with E-state index >= 15 is 0 Å². The lowest BCUT2D eigenvalue weighted by Gasteiger charge is -2.38. The number of piperidine rings is 1. The van der Waals surface area contributed by atoms with E-state index < -0.39 is 5.60 Å². The van der Waals surface area contributed by atoms with Crippen molar-refractivity contribution in [3.8, 4) is 0 Å². The van der Waals surface area contributed by atoms with Crippen LogP contribution >= 0.6 is 15.9 Å². The average molecular weight is 449 g/mol. The summed E-state index contributed by atoms with van der Waals surface area (Å²) in [5.74, 6) is 0. The zero-order valence-corrected chi connectivity index (χ0v) is 17.7. The summed E-state index contributed by atoms with van der Waals surface area (Å²) in [4.78, 5) is 18.4. The van der Waals surface area contributed by atoms with Crippen molar-refractivity contribution < 1.29 is 19.4 Å². The first-order valence-corrected chi connectivity index (χ1v) is 10.1. The summed E-state index contributed by atoms with van der Waals surface area (Å²) >= 11 is 3.52. The first-order chi connectivity index (χ1) is 13.4. The van der Waals surface area contributed by atoms with Gasteiger partial charge in [0.05, 0.1) is 17.4 Å². The number of carbonyl (C=O) groups excluding carboxylic acids is 1. The van der Waals surface area contributed by atoms with E-state index in [1.807, 2.05) is 43.3 Å². The summed E-state index contributed by atoms with van der Waals surface area (Å²) in [5, 5.41) is 11.1. The highest BCUT2D eigenvalue weighted by molar-refractivity contribution is 9.10. The van der Waals surface area contributed by atoms with Crippen LogP contribution in [0.15, 0.2) is 47.1 Å². The zero-order chi connectivity index (χ0) is 20.1. The number of ether oxygens (including phenoxy) is 2. The van der Waals surface area contributed by atoms with Crippen molar-refractivity contribution in [1.29, 1.82) is 0 Å². The van der Waals surface area contributed by atoms with Crippen LogP contribution < -0.4 is 0 Å². The van der Waals surface area contributed by atoms with Crippen LogP contribution in [0.25, 0.3) is 0 Å². The SMILES string of the molecule is CO[C@@H](C)c1ncc(C2(O)CCN(C(=O)OCc3ccccc3)CC2)cc1Br. The molecule has 1 atom stereocenters. The zero-order valence-electron chi connectivity index (χ0n) is 16.1. The number of carbonyl (C=O) groups is 1. The predicted octanol–water partition coefficient (Wildman–Crippen LogP) is 4.17. The second-order valence-corrected chi connectivity index (χ2v) is 7.88. The third-order valence-corrected chi connectivity index (χ3v) is 5.83. The van der Waals surface area contributed by atoms with Gasteiger partial charge in [0.2, 0.25) is 0 Å². The van der Waals surface area contributed by atoms with Crippen LogP contribution in [0.3, 0.4) is 0 Å². The van der Waals surface area contributed by atoms with E-state index in [1.54, 1.807) is 18.2 Å². The number of methoxy groups -OCH3 is 1. The number of rotatable bonds is 5. The summed E-state index contributed by atoms with van der Waals surface area (Å²) in [5.41, 5.74) is 1.46. The van der Waals surface area contributed by atoms with Gasteiger partial charge in [-0.1, -0.05) is 30.3 Å². The first kappa shape index (κ1) is 20.8. The Kier molecular flexibility index (Phi) is 6.69. The Labute approximate surface area is 173 Å². The molecule has 0 spiro atoms. The lowest BCUT2D eigenvalue weighted by atomic mass is 9.85. The molecular formula is C21H25BrN2O4. The van der Waals surface area contributed by atoms with E-state index in [1.165, 1.54) is 0 Å². The standard InChI is InChI=1S/C21H25BrN2O4/c1-15(27-2)19-18(22)12-17(13-23-19)21(26)8-10-24(11-9-21)20(25)28-14-16-6-4-3-5-7-16/h3-7,12-13,15,26H,8-11,14H2,1-2H3/t15-/m0/s1. The molecule has 0 radical (unpaired) electrons. The van der Waals surface area contributed by atoms with Gasteiger partial charge in [0, 0.05) is 36.4 Å². The van der Waals surface area contributed by atoms with Gasteiger partial charge in [-0.3, -0.25) is 4.98 Å². The Morgan fingerprint density at radius 1 is 1.32 bits per heavy atom. The highest BCUT2D eigenvalue weighted by Crippen LogP contribution is 2.35. The Hall–Kier alpha value is -1.96. The van der Waals surface area contributed by atoms with Gasteiger partial charge in [-0.05, 0) is 47.3 Å². The Morgan fingerprint density at radius 3 is 2.61 bits per heavy atom. The van der Waals surface area contributed by atoms with Gasteiger partial charge in [-0.2, -0.15) is 0 Å². The van der Waals surface area contributed by atoms with Crippen molar-refractivity contribution >= 4 is 22.0 Å². The number of aliphatic hydroxyl groups is 1. The molecule has 1 aromatic heterocycles. The van der Waals surface area contributed by atoms with Crippen LogP contribution in [0.5, 0.6) is 0 Å². The second-order valence-electron chi connectivity index (χ2n) is 7.03. The average Bonchev–Trinajstić information content (AvgIpc) is 2.72. The fourth-order valence-electron chi connectivity index (χ4n) is 3.27. The number of halogens is 1. The normalized spacial score (nSPS) is 17.2. The smallest absolute Gasteiger partial charge is 0.410 e. The van der Waals surface area contributed by atoms with Crippen molar-refractivity contribution in [1.82, 2.24) is 9.88 Å². The lowest BCUT2D eigenvalue weighted by molar-refractivity contribution is -0.0258. The molecule has 0 bridgehead atoms. The number of hydrogen-bond donors (Lipinski definition) is 1. The molecule has 1 amide bonds. The fraction of sp³-hybridized carbons (Fsp3) is 0.429. The van der Waals surface area contributed by atoms with Crippen LogP contribution in [0.1, 0.15) is 42.7 Å². The molecule has 2 aromatic rings. The van der Waals surface area contributed by atoms with Crippen LogP contribution in [-0.4, -0.2) is 41.3 Å². The molecule has 0 saturated carbocycles. The minimum atomic E-state index is -1.01. The molecule has 1 N–H and O–H groups in total. The largest absolute Gasteiger partial charge is 0.445 e. The summed E-state index contributed by atoms with van der Waals surface area (Å²) in [6.07, 6.45) is 2.06.